The molecule has 1 aromatic rings. The molecule has 0 spiro atoms. The fraction of sp³-hybridized carbons (Fsp3) is 0.700. The van der Waals surface area contributed by atoms with Gasteiger partial charge in [-0.3, -0.25) is 5.10 Å². The molecule has 0 aliphatic carbocycles. The number of H-pyrrole nitrogens is 1. The molecule has 0 aromatic carbocycles. The molecule has 0 amide bonds. The second-order valence-electron chi connectivity index (χ2n) is 5.14. The average molecular weight is 259 g/mol. The van der Waals surface area contributed by atoms with Crippen molar-refractivity contribution in [2.45, 2.75) is 31.9 Å². The first kappa shape index (κ1) is 12.5. The second kappa shape index (κ2) is 4.08. The van der Waals surface area contributed by atoms with Gasteiger partial charge in [0, 0.05) is 18.7 Å². The van der Waals surface area contributed by atoms with Crippen molar-refractivity contribution in [1.82, 2.24) is 14.5 Å². The van der Waals surface area contributed by atoms with Crippen LogP contribution in [-0.2, 0) is 16.6 Å². The highest BCUT2D eigenvalue weighted by atomic mass is 32.2. The molecular weight excluding hydrogens is 242 g/mol. The van der Waals surface area contributed by atoms with Gasteiger partial charge in [0.1, 0.15) is 0 Å². The average Bonchev–Trinajstić information content (AvgIpc) is 2.83. The normalized spacial score (nSPS) is 20.9. The summed E-state index contributed by atoms with van der Waals surface area (Å²) in [4.78, 5) is 0. The van der Waals surface area contributed by atoms with Crippen LogP contribution in [0.1, 0.15) is 25.8 Å². The van der Waals surface area contributed by atoms with Crippen LogP contribution in [0, 0.1) is 5.41 Å². The van der Waals surface area contributed by atoms with Crippen molar-refractivity contribution in [3.63, 3.8) is 0 Å². The van der Waals surface area contributed by atoms with Crippen LogP contribution in [0.2, 0.25) is 0 Å². The fourth-order valence-electron chi connectivity index (χ4n) is 2.03. The number of hydrogen-bond donors (Lipinski definition) is 2. The number of aromatic amines is 1. The zero-order chi connectivity index (χ0) is 12.7. The van der Waals surface area contributed by atoms with Gasteiger partial charge in [-0.15, -0.1) is 0 Å². The molecule has 17 heavy (non-hydrogen) atoms. The lowest BCUT2D eigenvalue weighted by atomic mass is 9.93. The van der Waals surface area contributed by atoms with Gasteiger partial charge < -0.3 is 5.11 Å². The topological polar surface area (TPSA) is 86.3 Å². The number of nitrogens with one attached hydrogen (secondary N) is 1. The fourth-order valence-corrected chi connectivity index (χ4v) is 3.76. The summed E-state index contributed by atoms with van der Waals surface area (Å²) in [7, 11) is -3.55. The van der Waals surface area contributed by atoms with Crippen LogP contribution in [0.4, 0.5) is 0 Å². The van der Waals surface area contributed by atoms with Crippen LogP contribution >= 0.6 is 0 Å². The van der Waals surface area contributed by atoms with E-state index >= 15 is 0 Å². The molecule has 0 radical (unpaired) electrons. The van der Waals surface area contributed by atoms with Gasteiger partial charge in [0.25, 0.3) is 10.0 Å². The summed E-state index contributed by atoms with van der Waals surface area (Å²) in [5.74, 6) is 0. The van der Waals surface area contributed by atoms with Crippen LogP contribution < -0.4 is 0 Å². The molecule has 1 aliphatic heterocycles. The minimum absolute atomic E-state index is 0.00642. The first-order valence-electron chi connectivity index (χ1n) is 5.50. The van der Waals surface area contributed by atoms with Gasteiger partial charge in [-0.2, -0.15) is 9.40 Å². The Bertz CT molecular complexity index is 507. The van der Waals surface area contributed by atoms with Crippen LogP contribution in [-0.4, -0.2) is 41.1 Å². The Labute approximate surface area is 101 Å². The van der Waals surface area contributed by atoms with E-state index in [2.05, 4.69) is 10.2 Å². The Balaban J connectivity index is 2.32. The number of hydrogen-bond acceptors (Lipinski definition) is 4. The third kappa shape index (κ3) is 2.22. The zero-order valence-electron chi connectivity index (χ0n) is 9.97. The summed E-state index contributed by atoms with van der Waals surface area (Å²) in [6, 6.07) is 0. The molecule has 0 unspecified atom stereocenters. The van der Waals surface area contributed by atoms with Crippen molar-refractivity contribution in [3.05, 3.63) is 11.8 Å². The van der Waals surface area contributed by atoms with E-state index in [1.807, 2.05) is 13.8 Å². The zero-order valence-corrected chi connectivity index (χ0v) is 10.8. The van der Waals surface area contributed by atoms with E-state index in [-0.39, 0.29) is 17.0 Å². The monoisotopic (exact) mass is 259 g/mol. The number of nitrogens with zero attached hydrogens (tertiary/aromatic N) is 2. The molecule has 0 atom stereocenters. The standard InChI is InChI=1S/C10H17N3O3S/c1-10(2)3-4-13(7-10)17(15,16)9-8(6-14)5-11-12-9/h5,14H,3-4,6-7H2,1-2H3,(H,11,12). The maximum absolute atomic E-state index is 12.3. The highest BCUT2D eigenvalue weighted by molar-refractivity contribution is 7.89. The molecule has 1 aliphatic rings. The molecule has 96 valence electrons. The third-order valence-electron chi connectivity index (χ3n) is 3.09. The lowest BCUT2D eigenvalue weighted by molar-refractivity contribution is 0.278. The Morgan fingerprint density at radius 1 is 1.59 bits per heavy atom. The minimum atomic E-state index is -3.55. The van der Waals surface area contributed by atoms with E-state index in [1.54, 1.807) is 0 Å². The van der Waals surface area contributed by atoms with E-state index in [0.717, 1.165) is 6.42 Å². The number of sulfonamides is 1. The van der Waals surface area contributed by atoms with Gasteiger partial charge in [0.05, 0.1) is 12.8 Å². The summed E-state index contributed by atoms with van der Waals surface area (Å²) in [6.45, 7) is 4.77. The second-order valence-corrected chi connectivity index (χ2v) is 7.01. The van der Waals surface area contributed by atoms with Crippen molar-refractivity contribution in [3.8, 4) is 0 Å². The Kier molecular flexibility index (Phi) is 3.01. The molecule has 1 saturated heterocycles. The first-order chi connectivity index (χ1) is 7.87. The molecule has 7 heteroatoms. The minimum Gasteiger partial charge on any atom is -0.392 e. The molecule has 0 saturated carbocycles. The predicted octanol–water partition coefficient (Wildman–Crippen LogP) is 0.323. The van der Waals surface area contributed by atoms with E-state index < -0.39 is 10.0 Å². The van der Waals surface area contributed by atoms with Gasteiger partial charge in [0.15, 0.2) is 5.03 Å². The van der Waals surface area contributed by atoms with Crippen molar-refractivity contribution >= 4 is 10.0 Å². The van der Waals surface area contributed by atoms with Crippen molar-refractivity contribution in [2.75, 3.05) is 13.1 Å². The van der Waals surface area contributed by atoms with Crippen LogP contribution in [0.15, 0.2) is 11.2 Å². The van der Waals surface area contributed by atoms with Gasteiger partial charge in [-0.05, 0) is 11.8 Å². The predicted molar refractivity (Wildman–Crippen MR) is 61.7 cm³/mol. The summed E-state index contributed by atoms with van der Waals surface area (Å²) in [5, 5.41) is 15.2. The Morgan fingerprint density at radius 2 is 2.29 bits per heavy atom. The molecule has 1 fully saturated rings. The Hall–Kier alpha value is -0.920. The summed E-state index contributed by atoms with van der Waals surface area (Å²) < 4.78 is 26.1. The lowest BCUT2D eigenvalue weighted by Gasteiger charge is -2.19. The highest BCUT2D eigenvalue weighted by Gasteiger charge is 2.38. The van der Waals surface area contributed by atoms with E-state index in [0.29, 0.717) is 18.7 Å². The maximum Gasteiger partial charge on any atom is 0.260 e. The van der Waals surface area contributed by atoms with Crippen molar-refractivity contribution < 1.29 is 13.5 Å². The molecule has 2 rings (SSSR count). The number of rotatable bonds is 3. The molecular formula is C10H17N3O3S. The van der Waals surface area contributed by atoms with Gasteiger partial charge in [0.2, 0.25) is 0 Å². The van der Waals surface area contributed by atoms with Crippen LogP contribution in [0.5, 0.6) is 0 Å². The van der Waals surface area contributed by atoms with Crippen LogP contribution in [0.25, 0.3) is 0 Å². The molecule has 6 nitrogen and oxygen atoms in total. The summed E-state index contributed by atoms with van der Waals surface area (Å²) >= 11 is 0. The molecule has 2 N–H and O–H groups in total. The van der Waals surface area contributed by atoms with Gasteiger partial charge >= 0.3 is 0 Å². The summed E-state index contributed by atoms with van der Waals surface area (Å²) in [5.41, 5.74) is 0.321. The first-order valence-corrected chi connectivity index (χ1v) is 6.94. The SMILES string of the molecule is CC1(C)CCN(S(=O)(=O)c2[nH]ncc2CO)C1. The highest BCUT2D eigenvalue weighted by Crippen LogP contribution is 2.32. The largest absolute Gasteiger partial charge is 0.392 e. The number of aliphatic hydroxyl groups excluding tert-OH is 1. The number of aromatic nitrogens is 2. The van der Waals surface area contributed by atoms with E-state index in [4.69, 9.17) is 5.11 Å². The quantitative estimate of drug-likeness (QED) is 0.818. The molecule has 1 aromatic heterocycles. The van der Waals surface area contributed by atoms with Crippen LogP contribution in [0.3, 0.4) is 0 Å². The molecule has 0 bridgehead atoms. The lowest BCUT2D eigenvalue weighted by Crippen LogP contribution is -2.31. The van der Waals surface area contributed by atoms with E-state index in [1.165, 1.54) is 10.5 Å². The van der Waals surface area contributed by atoms with Crippen molar-refractivity contribution in [2.24, 2.45) is 5.41 Å². The summed E-state index contributed by atoms with van der Waals surface area (Å²) in [6.07, 6.45) is 2.18. The maximum atomic E-state index is 12.3. The third-order valence-corrected chi connectivity index (χ3v) is 4.95. The van der Waals surface area contributed by atoms with Gasteiger partial charge in [-0.1, -0.05) is 13.8 Å². The van der Waals surface area contributed by atoms with Crippen molar-refractivity contribution in [1.29, 1.82) is 0 Å². The smallest absolute Gasteiger partial charge is 0.260 e. The molecule has 2 heterocycles. The number of aliphatic hydroxyl groups is 1. The van der Waals surface area contributed by atoms with E-state index in [9.17, 15) is 8.42 Å². The Morgan fingerprint density at radius 3 is 2.82 bits per heavy atom. The van der Waals surface area contributed by atoms with Gasteiger partial charge in [-0.25, -0.2) is 8.42 Å².